The predicted octanol–water partition coefficient (Wildman–Crippen LogP) is 3.67. The van der Waals surface area contributed by atoms with Gasteiger partial charge in [-0.05, 0) is 47.4 Å². The van der Waals surface area contributed by atoms with Gasteiger partial charge >= 0.3 is 0 Å². The highest BCUT2D eigenvalue weighted by molar-refractivity contribution is 5.56. The molecular weight excluding hydrogens is 208 g/mol. The average Bonchev–Trinajstić information content (AvgIpc) is 2.61. The van der Waals surface area contributed by atoms with E-state index in [1.165, 1.54) is 5.69 Å². The van der Waals surface area contributed by atoms with Crippen molar-refractivity contribution < 1.29 is 0 Å². The molecule has 0 bridgehead atoms. The highest BCUT2D eigenvalue weighted by atomic mass is 14.9. The summed E-state index contributed by atoms with van der Waals surface area (Å²) in [5.41, 5.74) is 9.89. The molecular formula is C15H24N2. The molecule has 0 atom stereocenters. The number of aryl methyl sites for hydroxylation is 1. The van der Waals surface area contributed by atoms with Gasteiger partial charge in [-0.1, -0.05) is 27.7 Å². The fourth-order valence-electron chi connectivity index (χ4n) is 2.85. The molecule has 2 rings (SSSR count). The number of nitrogen functional groups attached to an aromatic ring is 1. The van der Waals surface area contributed by atoms with Gasteiger partial charge in [0.05, 0.1) is 0 Å². The summed E-state index contributed by atoms with van der Waals surface area (Å²) in [6.07, 6.45) is 0. The largest absolute Gasteiger partial charge is 0.399 e. The zero-order chi connectivity index (χ0) is 12.8. The van der Waals surface area contributed by atoms with E-state index in [2.05, 4.69) is 45.1 Å². The summed E-state index contributed by atoms with van der Waals surface area (Å²) in [4.78, 5) is 0. The second-order valence-electron chi connectivity index (χ2n) is 6.45. The molecule has 1 aromatic rings. The van der Waals surface area contributed by atoms with E-state index in [-0.39, 0.29) is 0 Å². The van der Waals surface area contributed by atoms with Crippen LogP contribution in [0, 0.1) is 23.7 Å². The van der Waals surface area contributed by atoms with Crippen molar-refractivity contribution in [1.29, 1.82) is 0 Å². The first-order valence-electron chi connectivity index (χ1n) is 6.37. The van der Waals surface area contributed by atoms with Gasteiger partial charge in [-0.3, -0.25) is 0 Å². The Hall–Kier alpha value is -1.18. The second kappa shape index (κ2) is 3.66. The van der Waals surface area contributed by atoms with Crippen LogP contribution < -0.4 is 11.1 Å². The molecule has 2 nitrogen and oxygen atoms in total. The number of hydrogen-bond donors (Lipinski definition) is 2. The number of rotatable bonds is 3. The van der Waals surface area contributed by atoms with Crippen LogP contribution in [0.15, 0.2) is 18.2 Å². The summed E-state index contributed by atoms with van der Waals surface area (Å²) in [5.74, 6) is 0.743. The summed E-state index contributed by atoms with van der Waals surface area (Å²) in [6, 6.07) is 6.16. The van der Waals surface area contributed by atoms with Gasteiger partial charge in [0.25, 0.3) is 0 Å². The molecule has 3 N–H and O–H groups in total. The van der Waals surface area contributed by atoms with Crippen molar-refractivity contribution in [1.82, 2.24) is 0 Å². The van der Waals surface area contributed by atoms with E-state index in [1.807, 2.05) is 13.0 Å². The molecule has 0 aliphatic heterocycles. The standard InChI is InChI=1S/C15H24N2/c1-10-8-11(6-7-12(10)16)17-9-13-14(2,3)15(13,4)5/h6-8,13,17H,9,16H2,1-5H3. The lowest BCUT2D eigenvalue weighted by Gasteiger charge is -2.09. The Morgan fingerprint density at radius 1 is 1.18 bits per heavy atom. The monoisotopic (exact) mass is 232 g/mol. The van der Waals surface area contributed by atoms with Gasteiger partial charge in [0.1, 0.15) is 0 Å². The molecule has 17 heavy (non-hydrogen) atoms. The zero-order valence-electron chi connectivity index (χ0n) is 11.6. The molecule has 1 aromatic carbocycles. The topological polar surface area (TPSA) is 38.0 Å². The number of nitrogens with two attached hydrogens (primary N) is 1. The SMILES string of the molecule is Cc1cc(NCC2C(C)(C)C2(C)C)ccc1N. The summed E-state index contributed by atoms with van der Waals surface area (Å²) < 4.78 is 0. The lowest BCUT2D eigenvalue weighted by atomic mass is 10.0. The summed E-state index contributed by atoms with van der Waals surface area (Å²) in [6.45, 7) is 12.5. The number of hydrogen-bond acceptors (Lipinski definition) is 2. The van der Waals surface area contributed by atoms with Crippen molar-refractivity contribution in [3.05, 3.63) is 23.8 Å². The summed E-state index contributed by atoms with van der Waals surface area (Å²) in [7, 11) is 0. The maximum atomic E-state index is 5.82. The minimum absolute atomic E-state index is 0.447. The van der Waals surface area contributed by atoms with Crippen molar-refractivity contribution in [3.8, 4) is 0 Å². The van der Waals surface area contributed by atoms with Gasteiger partial charge in [0, 0.05) is 17.9 Å². The quantitative estimate of drug-likeness (QED) is 0.780. The third kappa shape index (κ3) is 1.90. The molecule has 2 heteroatoms. The molecule has 1 aliphatic carbocycles. The van der Waals surface area contributed by atoms with Gasteiger partial charge < -0.3 is 11.1 Å². The molecule has 0 radical (unpaired) electrons. The van der Waals surface area contributed by atoms with Crippen LogP contribution in [0.1, 0.15) is 33.3 Å². The first kappa shape index (κ1) is 12.3. The third-order valence-corrected chi connectivity index (χ3v) is 5.10. The smallest absolute Gasteiger partial charge is 0.0345 e. The summed E-state index contributed by atoms with van der Waals surface area (Å²) in [5, 5.41) is 3.53. The molecule has 0 saturated heterocycles. The maximum absolute atomic E-state index is 5.82. The Balaban J connectivity index is 1.98. The van der Waals surface area contributed by atoms with E-state index in [9.17, 15) is 0 Å². The Morgan fingerprint density at radius 2 is 1.76 bits per heavy atom. The predicted molar refractivity (Wildman–Crippen MR) is 75.1 cm³/mol. The molecule has 0 spiro atoms. The Labute approximate surface area is 105 Å². The van der Waals surface area contributed by atoms with E-state index < -0.39 is 0 Å². The van der Waals surface area contributed by atoms with Gasteiger partial charge in [-0.15, -0.1) is 0 Å². The van der Waals surface area contributed by atoms with Crippen LogP contribution in [0.2, 0.25) is 0 Å². The molecule has 0 aromatic heterocycles. The molecule has 1 aliphatic rings. The van der Waals surface area contributed by atoms with Crippen LogP contribution in [0.3, 0.4) is 0 Å². The third-order valence-electron chi connectivity index (χ3n) is 5.10. The lowest BCUT2D eigenvalue weighted by molar-refractivity contribution is 0.457. The highest BCUT2D eigenvalue weighted by Gasteiger charge is 2.63. The lowest BCUT2D eigenvalue weighted by Crippen LogP contribution is -2.08. The number of benzene rings is 1. The number of nitrogens with one attached hydrogen (secondary N) is 1. The Morgan fingerprint density at radius 3 is 2.24 bits per heavy atom. The van der Waals surface area contributed by atoms with Gasteiger partial charge in [-0.2, -0.15) is 0 Å². The van der Waals surface area contributed by atoms with Gasteiger partial charge in [0.15, 0.2) is 0 Å². The van der Waals surface area contributed by atoms with Crippen LogP contribution in [-0.2, 0) is 0 Å². The first-order valence-corrected chi connectivity index (χ1v) is 6.37. The van der Waals surface area contributed by atoms with Gasteiger partial charge in [-0.25, -0.2) is 0 Å². The fourth-order valence-corrected chi connectivity index (χ4v) is 2.85. The van der Waals surface area contributed by atoms with E-state index in [1.54, 1.807) is 0 Å². The van der Waals surface area contributed by atoms with Crippen LogP contribution in [0.4, 0.5) is 11.4 Å². The van der Waals surface area contributed by atoms with E-state index in [0.29, 0.717) is 10.8 Å². The van der Waals surface area contributed by atoms with Crippen molar-refractivity contribution >= 4 is 11.4 Å². The number of anilines is 2. The van der Waals surface area contributed by atoms with Crippen LogP contribution in [0.25, 0.3) is 0 Å². The zero-order valence-corrected chi connectivity index (χ0v) is 11.6. The second-order valence-corrected chi connectivity index (χ2v) is 6.45. The minimum Gasteiger partial charge on any atom is -0.399 e. The van der Waals surface area contributed by atoms with Crippen molar-refractivity contribution in [3.63, 3.8) is 0 Å². The minimum atomic E-state index is 0.447. The normalized spacial score (nSPS) is 21.2. The average molecular weight is 232 g/mol. The Bertz CT molecular complexity index is 419. The van der Waals surface area contributed by atoms with Crippen molar-refractivity contribution in [2.45, 2.75) is 34.6 Å². The van der Waals surface area contributed by atoms with Crippen LogP contribution in [0.5, 0.6) is 0 Å². The van der Waals surface area contributed by atoms with Gasteiger partial charge in [0.2, 0.25) is 0 Å². The van der Waals surface area contributed by atoms with Crippen molar-refractivity contribution in [2.24, 2.45) is 16.7 Å². The molecule has 0 heterocycles. The van der Waals surface area contributed by atoms with E-state index >= 15 is 0 Å². The summed E-state index contributed by atoms with van der Waals surface area (Å²) >= 11 is 0. The molecule has 0 unspecified atom stereocenters. The van der Waals surface area contributed by atoms with Crippen molar-refractivity contribution in [2.75, 3.05) is 17.6 Å². The fraction of sp³-hybridized carbons (Fsp3) is 0.600. The van der Waals surface area contributed by atoms with Crippen LogP contribution >= 0.6 is 0 Å². The first-order chi connectivity index (χ1) is 7.76. The Kier molecular flexibility index (Phi) is 2.64. The van der Waals surface area contributed by atoms with E-state index in [4.69, 9.17) is 5.73 Å². The molecule has 1 saturated carbocycles. The molecule has 94 valence electrons. The maximum Gasteiger partial charge on any atom is 0.0345 e. The highest BCUT2D eigenvalue weighted by Crippen LogP contribution is 2.68. The molecule has 0 amide bonds. The van der Waals surface area contributed by atoms with Crippen LogP contribution in [-0.4, -0.2) is 6.54 Å². The van der Waals surface area contributed by atoms with E-state index in [0.717, 1.165) is 23.7 Å². The molecule has 1 fully saturated rings.